The van der Waals surface area contributed by atoms with E-state index in [-0.39, 0.29) is 12.1 Å². The van der Waals surface area contributed by atoms with Crippen LogP contribution in [-0.4, -0.2) is 19.2 Å². The number of amides is 2. The van der Waals surface area contributed by atoms with Gasteiger partial charge in [-0.3, -0.25) is 0 Å². The fourth-order valence-corrected chi connectivity index (χ4v) is 2.08. The number of nitrogens with one attached hydrogen (secondary N) is 2. The van der Waals surface area contributed by atoms with Crippen molar-refractivity contribution >= 4 is 6.03 Å². The van der Waals surface area contributed by atoms with Gasteiger partial charge >= 0.3 is 6.03 Å². The van der Waals surface area contributed by atoms with Crippen molar-refractivity contribution in [2.24, 2.45) is 0 Å². The molecule has 2 aliphatic rings. The number of fused-ring (bicyclic) bond motifs is 1. The Morgan fingerprint density at radius 2 is 2.33 bits per heavy atom. The first-order valence-electron chi connectivity index (χ1n) is 5.13. The van der Waals surface area contributed by atoms with Crippen LogP contribution in [0.2, 0.25) is 0 Å². The highest BCUT2D eigenvalue weighted by atomic mass is 16.5. The molecule has 2 heterocycles. The molecule has 78 valence electrons. The summed E-state index contributed by atoms with van der Waals surface area (Å²) in [5.74, 6) is 0.982. The molecule has 1 saturated heterocycles. The Bertz CT molecular complexity index is 417. The Morgan fingerprint density at radius 1 is 1.40 bits per heavy atom. The largest absolute Gasteiger partial charge is 0.493 e. The van der Waals surface area contributed by atoms with E-state index in [1.165, 1.54) is 5.56 Å². The van der Waals surface area contributed by atoms with Gasteiger partial charge in [0.1, 0.15) is 5.75 Å². The maximum atomic E-state index is 11.0. The predicted molar refractivity (Wildman–Crippen MR) is 54.9 cm³/mol. The predicted octanol–water partition coefficient (Wildman–Crippen LogP) is 0.975. The first kappa shape index (κ1) is 8.59. The summed E-state index contributed by atoms with van der Waals surface area (Å²) in [6.45, 7) is 1.44. The number of benzene rings is 1. The molecule has 1 fully saturated rings. The first-order valence-corrected chi connectivity index (χ1v) is 5.13. The monoisotopic (exact) mass is 204 g/mol. The summed E-state index contributed by atoms with van der Waals surface area (Å²) < 4.78 is 5.43. The summed E-state index contributed by atoms with van der Waals surface area (Å²) in [6.07, 6.45) is 0.970. The molecule has 3 rings (SSSR count). The number of urea groups is 1. The Morgan fingerprint density at radius 3 is 3.13 bits per heavy atom. The van der Waals surface area contributed by atoms with E-state index in [1.54, 1.807) is 0 Å². The molecule has 0 bridgehead atoms. The van der Waals surface area contributed by atoms with Crippen molar-refractivity contribution in [3.63, 3.8) is 0 Å². The SMILES string of the molecule is O=C1NCC(c2ccc3c(c2)CCO3)N1. The standard InChI is InChI=1S/C11H12N2O2/c14-11-12-6-9(13-11)7-1-2-10-8(5-7)3-4-15-10/h1-2,5,9H,3-4,6H2,(H2,12,13,14). The maximum Gasteiger partial charge on any atom is 0.315 e. The average Bonchev–Trinajstić information content (AvgIpc) is 2.84. The van der Waals surface area contributed by atoms with Crippen LogP contribution in [-0.2, 0) is 6.42 Å². The zero-order chi connectivity index (χ0) is 10.3. The molecule has 4 heteroatoms. The van der Waals surface area contributed by atoms with Gasteiger partial charge in [0.15, 0.2) is 0 Å². The van der Waals surface area contributed by atoms with Crippen molar-refractivity contribution in [3.05, 3.63) is 29.3 Å². The zero-order valence-electron chi connectivity index (χ0n) is 8.25. The van der Waals surface area contributed by atoms with Gasteiger partial charge in [0.25, 0.3) is 0 Å². The lowest BCUT2D eigenvalue weighted by Gasteiger charge is -2.10. The number of hydrogen-bond donors (Lipinski definition) is 2. The molecule has 0 aromatic heterocycles. The van der Waals surface area contributed by atoms with Gasteiger partial charge in [0.2, 0.25) is 0 Å². The highest BCUT2D eigenvalue weighted by Crippen LogP contribution is 2.28. The third-order valence-electron chi connectivity index (χ3n) is 2.89. The summed E-state index contributed by atoms with van der Waals surface area (Å²) in [6, 6.07) is 6.14. The first-order chi connectivity index (χ1) is 7.33. The highest BCUT2D eigenvalue weighted by molar-refractivity contribution is 5.76. The van der Waals surface area contributed by atoms with Gasteiger partial charge in [-0.15, -0.1) is 0 Å². The van der Waals surface area contributed by atoms with Gasteiger partial charge in [-0.2, -0.15) is 0 Å². The maximum absolute atomic E-state index is 11.0. The molecule has 2 N–H and O–H groups in total. The van der Waals surface area contributed by atoms with E-state index in [4.69, 9.17) is 4.74 Å². The molecule has 0 saturated carbocycles. The summed E-state index contributed by atoms with van der Waals surface area (Å²) >= 11 is 0. The summed E-state index contributed by atoms with van der Waals surface area (Å²) in [5.41, 5.74) is 2.39. The normalized spacial score (nSPS) is 22.9. The molecule has 15 heavy (non-hydrogen) atoms. The van der Waals surface area contributed by atoms with Gasteiger partial charge in [-0.05, 0) is 23.3 Å². The molecule has 1 aromatic rings. The lowest BCUT2D eigenvalue weighted by atomic mass is 10.0. The van der Waals surface area contributed by atoms with Gasteiger partial charge in [-0.1, -0.05) is 6.07 Å². The molecule has 1 unspecified atom stereocenters. The minimum atomic E-state index is -0.0863. The molecular weight excluding hydrogens is 192 g/mol. The van der Waals surface area contributed by atoms with Crippen molar-refractivity contribution in [2.45, 2.75) is 12.5 Å². The van der Waals surface area contributed by atoms with Crippen molar-refractivity contribution in [1.82, 2.24) is 10.6 Å². The van der Waals surface area contributed by atoms with E-state index in [1.807, 2.05) is 12.1 Å². The average molecular weight is 204 g/mol. The number of hydrogen-bond acceptors (Lipinski definition) is 2. The van der Waals surface area contributed by atoms with Crippen LogP contribution < -0.4 is 15.4 Å². The van der Waals surface area contributed by atoms with E-state index in [0.29, 0.717) is 6.54 Å². The lowest BCUT2D eigenvalue weighted by molar-refractivity contribution is 0.247. The molecule has 1 atom stereocenters. The minimum Gasteiger partial charge on any atom is -0.493 e. The zero-order valence-corrected chi connectivity index (χ0v) is 8.25. The molecular formula is C11H12N2O2. The third-order valence-corrected chi connectivity index (χ3v) is 2.89. The quantitative estimate of drug-likeness (QED) is 0.716. The fraction of sp³-hybridized carbons (Fsp3) is 0.364. The van der Waals surface area contributed by atoms with Crippen LogP contribution in [0, 0.1) is 0 Å². The second-order valence-corrected chi connectivity index (χ2v) is 3.87. The van der Waals surface area contributed by atoms with E-state index < -0.39 is 0 Å². The van der Waals surface area contributed by atoms with E-state index in [9.17, 15) is 4.79 Å². The molecule has 1 aromatic carbocycles. The fourth-order valence-electron chi connectivity index (χ4n) is 2.08. The third kappa shape index (κ3) is 1.42. The Kier molecular flexibility index (Phi) is 1.80. The van der Waals surface area contributed by atoms with Crippen molar-refractivity contribution in [3.8, 4) is 5.75 Å². The number of ether oxygens (including phenoxy) is 1. The van der Waals surface area contributed by atoms with Gasteiger partial charge < -0.3 is 15.4 Å². The lowest BCUT2D eigenvalue weighted by Crippen LogP contribution is -2.21. The highest BCUT2D eigenvalue weighted by Gasteiger charge is 2.23. The van der Waals surface area contributed by atoms with Crippen LogP contribution in [0.25, 0.3) is 0 Å². The van der Waals surface area contributed by atoms with Crippen LogP contribution in [0.4, 0.5) is 4.79 Å². The number of rotatable bonds is 1. The summed E-state index contributed by atoms with van der Waals surface area (Å²) in [4.78, 5) is 11.0. The summed E-state index contributed by atoms with van der Waals surface area (Å²) in [5, 5.41) is 5.62. The molecule has 0 radical (unpaired) electrons. The summed E-state index contributed by atoms with van der Waals surface area (Å²) in [7, 11) is 0. The minimum absolute atomic E-state index is 0.0863. The van der Waals surface area contributed by atoms with Crippen LogP contribution >= 0.6 is 0 Å². The molecule has 2 aliphatic heterocycles. The van der Waals surface area contributed by atoms with E-state index in [0.717, 1.165) is 24.3 Å². The van der Waals surface area contributed by atoms with Crippen molar-refractivity contribution in [2.75, 3.05) is 13.2 Å². The Labute approximate surface area is 87.6 Å². The topological polar surface area (TPSA) is 50.4 Å². The van der Waals surface area contributed by atoms with Gasteiger partial charge in [-0.25, -0.2) is 4.79 Å². The Hall–Kier alpha value is -1.71. The van der Waals surface area contributed by atoms with Crippen LogP contribution in [0.5, 0.6) is 5.75 Å². The van der Waals surface area contributed by atoms with E-state index in [2.05, 4.69) is 16.7 Å². The van der Waals surface area contributed by atoms with Gasteiger partial charge in [0.05, 0.1) is 12.6 Å². The number of carbonyl (C=O) groups is 1. The van der Waals surface area contributed by atoms with Gasteiger partial charge in [0, 0.05) is 13.0 Å². The molecule has 4 nitrogen and oxygen atoms in total. The smallest absolute Gasteiger partial charge is 0.315 e. The molecule has 0 aliphatic carbocycles. The second kappa shape index (κ2) is 3.15. The van der Waals surface area contributed by atoms with Crippen LogP contribution in [0.3, 0.4) is 0 Å². The van der Waals surface area contributed by atoms with E-state index >= 15 is 0 Å². The number of carbonyl (C=O) groups excluding carboxylic acids is 1. The second-order valence-electron chi connectivity index (χ2n) is 3.87. The van der Waals surface area contributed by atoms with Crippen molar-refractivity contribution in [1.29, 1.82) is 0 Å². The molecule has 2 amide bonds. The molecule has 0 spiro atoms. The van der Waals surface area contributed by atoms with Crippen LogP contribution in [0.15, 0.2) is 18.2 Å². The Balaban J connectivity index is 1.89. The van der Waals surface area contributed by atoms with Crippen molar-refractivity contribution < 1.29 is 9.53 Å². The van der Waals surface area contributed by atoms with Crippen LogP contribution in [0.1, 0.15) is 17.2 Å².